The summed E-state index contributed by atoms with van der Waals surface area (Å²) in [4.78, 5) is 51.3. The van der Waals surface area contributed by atoms with E-state index in [-0.39, 0.29) is 41.6 Å². The Kier molecular flexibility index (Phi) is 5.55. The van der Waals surface area contributed by atoms with Crippen molar-refractivity contribution in [1.82, 2.24) is 0 Å². The first-order valence-corrected chi connectivity index (χ1v) is 10.3. The number of ketones is 1. The van der Waals surface area contributed by atoms with E-state index in [2.05, 4.69) is 0 Å². The zero-order chi connectivity index (χ0) is 22.1. The summed E-state index contributed by atoms with van der Waals surface area (Å²) in [6.45, 7) is 3.37. The lowest BCUT2D eigenvalue weighted by Gasteiger charge is -2.15. The van der Waals surface area contributed by atoms with Gasteiger partial charge in [0.2, 0.25) is 17.6 Å². The van der Waals surface area contributed by atoms with Gasteiger partial charge in [-0.1, -0.05) is 29.8 Å². The van der Waals surface area contributed by atoms with Gasteiger partial charge in [-0.2, -0.15) is 0 Å². The van der Waals surface area contributed by atoms with Gasteiger partial charge in [-0.3, -0.25) is 19.3 Å². The molecule has 2 aromatic carbocycles. The second kappa shape index (κ2) is 8.30. The number of imide groups is 1. The first-order valence-electron chi connectivity index (χ1n) is 10.3. The van der Waals surface area contributed by atoms with Crippen LogP contribution in [0.15, 0.2) is 54.6 Å². The maximum atomic E-state index is 12.7. The second-order valence-corrected chi connectivity index (χ2v) is 8.03. The van der Waals surface area contributed by atoms with E-state index >= 15 is 0 Å². The molecule has 2 amide bonds. The molecule has 2 aliphatic rings. The second-order valence-electron chi connectivity index (χ2n) is 8.03. The fourth-order valence-electron chi connectivity index (χ4n) is 4.13. The normalized spacial score (nSPS) is 20.0. The zero-order valence-corrected chi connectivity index (χ0v) is 17.5. The summed E-state index contributed by atoms with van der Waals surface area (Å²) in [7, 11) is 0. The number of ether oxygens (including phenoxy) is 1. The minimum Gasteiger partial charge on any atom is -0.454 e. The van der Waals surface area contributed by atoms with Gasteiger partial charge in [-0.05, 0) is 62.6 Å². The predicted molar refractivity (Wildman–Crippen MR) is 115 cm³/mol. The molecule has 1 saturated heterocycles. The third kappa shape index (κ3) is 3.93. The highest BCUT2D eigenvalue weighted by atomic mass is 16.5. The number of esters is 1. The molecule has 1 aliphatic carbocycles. The van der Waals surface area contributed by atoms with Gasteiger partial charge in [0.05, 0.1) is 23.1 Å². The molecule has 0 aromatic heterocycles. The summed E-state index contributed by atoms with van der Waals surface area (Å²) in [5.41, 5.74) is 3.00. The van der Waals surface area contributed by atoms with E-state index in [0.29, 0.717) is 24.1 Å². The molecule has 0 radical (unpaired) electrons. The lowest BCUT2D eigenvalue weighted by atomic mass is 9.85. The molecule has 0 bridgehead atoms. The predicted octanol–water partition coefficient (Wildman–Crippen LogP) is 3.80. The number of allylic oxidation sites excluding steroid dienone is 2. The number of aryl methyl sites for hydroxylation is 2. The van der Waals surface area contributed by atoms with Crippen molar-refractivity contribution in [2.45, 2.75) is 26.7 Å². The Balaban J connectivity index is 1.42. The van der Waals surface area contributed by atoms with Crippen molar-refractivity contribution in [3.8, 4) is 0 Å². The number of anilines is 1. The van der Waals surface area contributed by atoms with Crippen LogP contribution in [-0.4, -0.2) is 30.2 Å². The van der Waals surface area contributed by atoms with Gasteiger partial charge in [-0.25, -0.2) is 4.79 Å². The Hall–Kier alpha value is -3.54. The summed E-state index contributed by atoms with van der Waals surface area (Å²) in [5.74, 6) is -1.92. The van der Waals surface area contributed by atoms with Crippen LogP contribution in [0.25, 0.3) is 0 Å². The highest BCUT2D eigenvalue weighted by molar-refractivity contribution is 6.22. The monoisotopic (exact) mass is 417 g/mol. The molecular formula is C25H23NO5. The molecule has 4 rings (SSSR count). The van der Waals surface area contributed by atoms with Gasteiger partial charge < -0.3 is 4.74 Å². The zero-order valence-electron chi connectivity index (χ0n) is 17.5. The first-order chi connectivity index (χ1) is 14.9. The minimum atomic E-state index is -0.637. The Morgan fingerprint density at radius 1 is 0.935 bits per heavy atom. The van der Waals surface area contributed by atoms with E-state index in [1.165, 1.54) is 17.0 Å². The molecule has 2 atom stereocenters. The van der Waals surface area contributed by atoms with Crippen LogP contribution < -0.4 is 4.90 Å². The molecule has 2 aromatic rings. The first kappa shape index (κ1) is 20.7. The Morgan fingerprint density at radius 2 is 1.55 bits per heavy atom. The van der Waals surface area contributed by atoms with E-state index in [0.717, 1.165) is 11.1 Å². The molecule has 6 nitrogen and oxygen atoms in total. The Bertz CT molecular complexity index is 1070. The van der Waals surface area contributed by atoms with Crippen molar-refractivity contribution in [2.75, 3.05) is 11.5 Å². The largest absolute Gasteiger partial charge is 0.454 e. The van der Waals surface area contributed by atoms with E-state index in [4.69, 9.17) is 4.74 Å². The van der Waals surface area contributed by atoms with Gasteiger partial charge in [-0.15, -0.1) is 0 Å². The molecule has 0 spiro atoms. The summed E-state index contributed by atoms with van der Waals surface area (Å²) in [5, 5.41) is 0. The van der Waals surface area contributed by atoms with Gasteiger partial charge >= 0.3 is 5.97 Å². The fourth-order valence-corrected chi connectivity index (χ4v) is 4.13. The highest BCUT2D eigenvalue weighted by Crippen LogP contribution is 2.37. The van der Waals surface area contributed by atoms with Crippen LogP contribution in [0.5, 0.6) is 0 Å². The minimum absolute atomic E-state index is 0.200. The molecule has 158 valence electrons. The topological polar surface area (TPSA) is 80.8 Å². The van der Waals surface area contributed by atoms with Crippen molar-refractivity contribution in [1.29, 1.82) is 0 Å². The number of nitrogens with zero attached hydrogens (tertiary/aromatic N) is 1. The smallest absolute Gasteiger partial charge is 0.338 e. The number of carbonyl (C=O) groups is 4. The SMILES string of the molecule is Cc1ccc(C)c(C(=O)COC(=O)c2ccc(N3C(=O)[C@H]4CC=CC[C@@H]4C3=O)cc2)c1. The van der Waals surface area contributed by atoms with Crippen LogP contribution in [0.4, 0.5) is 5.69 Å². The van der Waals surface area contributed by atoms with Gasteiger partial charge in [0, 0.05) is 5.56 Å². The lowest BCUT2D eigenvalue weighted by molar-refractivity contribution is -0.122. The van der Waals surface area contributed by atoms with Crippen LogP contribution >= 0.6 is 0 Å². The van der Waals surface area contributed by atoms with Crippen LogP contribution in [0.2, 0.25) is 0 Å². The maximum absolute atomic E-state index is 12.7. The molecule has 0 unspecified atom stereocenters. The molecular weight excluding hydrogens is 394 g/mol. The van der Waals surface area contributed by atoms with E-state index in [1.54, 1.807) is 18.2 Å². The number of fused-ring (bicyclic) bond motifs is 1. The number of amides is 2. The number of rotatable bonds is 5. The molecule has 31 heavy (non-hydrogen) atoms. The number of benzene rings is 2. The average Bonchev–Trinajstić information content (AvgIpc) is 3.04. The average molecular weight is 417 g/mol. The van der Waals surface area contributed by atoms with Crippen LogP contribution in [0, 0.1) is 25.7 Å². The molecule has 0 saturated carbocycles. The number of hydrogen-bond acceptors (Lipinski definition) is 5. The number of Topliss-reactive ketones (excluding diaryl/α,β-unsaturated/α-hetero) is 1. The molecule has 1 heterocycles. The van der Waals surface area contributed by atoms with Gasteiger partial charge in [0.1, 0.15) is 0 Å². The highest BCUT2D eigenvalue weighted by Gasteiger charge is 2.47. The van der Waals surface area contributed by atoms with Gasteiger partial charge in [0.25, 0.3) is 0 Å². The van der Waals surface area contributed by atoms with Crippen LogP contribution in [-0.2, 0) is 14.3 Å². The number of carbonyl (C=O) groups excluding carboxylic acids is 4. The molecule has 1 aliphatic heterocycles. The van der Waals surface area contributed by atoms with E-state index in [1.807, 2.05) is 38.1 Å². The summed E-state index contributed by atoms with van der Waals surface area (Å²) in [6, 6.07) is 11.7. The standard InChI is InChI=1S/C25H23NO5/c1-15-7-8-16(2)21(13-15)22(27)14-31-25(30)17-9-11-18(12-10-17)26-23(28)19-5-3-4-6-20(19)24(26)29/h3-4,7-13,19-20H,5-6,14H2,1-2H3/t19-,20-/m0/s1. The van der Waals surface area contributed by atoms with Crippen molar-refractivity contribution in [2.24, 2.45) is 11.8 Å². The van der Waals surface area contributed by atoms with Crippen LogP contribution in [0.3, 0.4) is 0 Å². The third-order valence-electron chi connectivity index (χ3n) is 5.90. The van der Waals surface area contributed by atoms with E-state index in [9.17, 15) is 19.2 Å². The molecule has 0 N–H and O–H groups in total. The van der Waals surface area contributed by atoms with Crippen LogP contribution in [0.1, 0.15) is 44.7 Å². The summed E-state index contributed by atoms with van der Waals surface area (Å²) in [6.07, 6.45) is 5.03. The lowest BCUT2D eigenvalue weighted by Crippen LogP contribution is -2.30. The maximum Gasteiger partial charge on any atom is 0.338 e. The van der Waals surface area contributed by atoms with Crippen molar-refractivity contribution in [3.05, 3.63) is 76.9 Å². The fraction of sp³-hybridized carbons (Fsp3) is 0.280. The van der Waals surface area contributed by atoms with Crippen molar-refractivity contribution < 1.29 is 23.9 Å². The number of hydrogen-bond donors (Lipinski definition) is 0. The summed E-state index contributed by atoms with van der Waals surface area (Å²) >= 11 is 0. The van der Waals surface area contributed by atoms with Gasteiger partial charge in [0.15, 0.2) is 6.61 Å². The van der Waals surface area contributed by atoms with Crippen molar-refractivity contribution >= 4 is 29.3 Å². The molecule has 6 heteroatoms. The third-order valence-corrected chi connectivity index (χ3v) is 5.90. The Morgan fingerprint density at radius 3 is 2.16 bits per heavy atom. The molecule has 1 fully saturated rings. The Labute approximate surface area is 180 Å². The van der Waals surface area contributed by atoms with Crippen molar-refractivity contribution in [3.63, 3.8) is 0 Å². The summed E-state index contributed by atoms with van der Waals surface area (Å²) < 4.78 is 5.18. The quantitative estimate of drug-likeness (QED) is 0.320. The van der Waals surface area contributed by atoms with E-state index < -0.39 is 5.97 Å².